The Bertz CT molecular complexity index is 566. The normalized spacial score (nSPS) is 42.5. The van der Waals surface area contributed by atoms with Crippen LogP contribution in [0.15, 0.2) is 36.5 Å². The van der Waals surface area contributed by atoms with Crippen LogP contribution in [-0.4, -0.2) is 16.3 Å². The van der Waals surface area contributed by atoms with Crippen LogP contribution in [0.3, 0.4) is 0 Å². The largest absolute Gasteiger partial charge is 0.261 e. The molecule has 1 saturated carbocycles. The molecule has 1 nitrogen and oxygen atoms in total. The van der Waals surface area contributed by atoms with E-state index >= 15 is 0 Å². The molecule has 0 N–H and O–H groups in total. The van der Waals surface area contributed by atoms with E-state index in [-0.39, 0.29) is 7.92 Å². The Kier molecular flexibility index (Phi) is 4.35. The predicted octanol–water partition coefficient (Wildman–Crippen LogP) is 6.02. The van der Waals surface area contributed by atoms with Gasteiger partial charge < -0.3 is 0 Å². The summed E-state index contributed by atoms with van der Waals surface area (Å²) in [6.07, 6.45) is 12.9. The lowest BCUT2D eigenvalue weighted by molar-refractivity contribution is 0.240. The number of hydrogen-bond donors (Lipinski definition) is 0. The summed E-state index contributed by atoms with van der Waals surface area (Å²) >= 11 is 0. The first-order chi connectivity index (χ1) is 11.1. The molecule has 1 aromatic heterocycles. The van der Waals surface area contributed by atoms with Crippen LogP contribution in [0.1, 0.15) is 57.8 Å². The third kappa shape index (κ3) is 2.80. The molecule has 124 valence electrons. The smallest absolute Gasteiger partial charge is 0.0483 e. The number of hydrogen-bond acceptors (Lipinski definition) is 1. The molecular weight excluding hydrogens is 297 g/mol. The molecule has 23 heavy (non-hydrogen) atoms. The predicted molar refractivity (Wildman–Crippen MR) is 100 cm³/mol. The second-order valence-electron chi connectivity index (χ2n) is 8.39. The maximum absolute atomic E-state index is 4.80. The molecule has 3 aliphatic rings. The van der Waals surface area contributed by atoms with Gasteiger partial charge in [0, 0.05) is 17.5 Å². The van der Waals surface area contributed by atoms with Gasteiger partial charge in [0.15, 0.2) is 0 Å². The summed E-state index contributed by atoms with van der Waals surface area (Å²) < 4.78 is 0. The third-order valence-corrected chi connectivity index (χ3v) is 10.4. The quantitative estimate of drug-likeness (QED) is 0.488. The summed E-state index contributed by atoms with van der Waals surface area (Å²) in [7, 11) is 0.0356. The van der Waals surface area contributed by atoms with Gasteiger partial charge in [-0.2, -0.15) is 0 Å². The van der Waals surface area contributed by atoms with E-state index in [9.17, 15) is 0 Å². The molecule has 0 radical (unpaired) electrons. The highest BCUT2D eigenvalue weighted by Gasteiger charge is 2.51. The molecule has 2 fully saturated rings. The van der Waals surface area contributed by atoms with Gasteiger partial charge in [0.1, 0.15) is 0 Å². The Morgan fingerprint density at radius 3 is 2.74 bits per heavy atom. The second kappa shape index (κ2) is 6.32. The summed E-state index contributed by atoms with van der Waals surface area (Å²) in [6, 6.07) is 6.55. The second-order valence-corrected chi connectivity index (χ2v) is 11.2. The maximum atomic E-state index is 4.80. The molecule has 2 bridgehead atoms. The molecule has 0 aromatic carbocycles. The maximum Gasteiger partial charge on any atom is 0.0483 e. The van der Waals surface area contributed by atoms with Crippen molar-refractivity contribution in [1.82, 2.24) is 4.98 Å². The number of pyridine rings is 1. The van der Waals surface area contributed by atoms with Crippen molar-refractivity contribution in [3.05, 3.63) is 42.2 Å². The highest BCUT2D eigenvalue weighted by molar-refractivity contribution is 7.60. The van der Waals surface area contributed by atoms with Crippen LogP contribution in [0.2, 0.25) is 0 Å². The molecule has 0 amide bonds. The van der Waals surface area contributed by atoms with Crippen LogP contribution < -0.4 is 0 Å². The Balaban J connectivity index is 1.68. The zero-order valence-corrected chi connectivity index (χ0v) is 15.6. The van der Waals surface area contributed by atoms with Gasteiger partial charge in [-0.1, -0.05) is 53.3 Å². The highest BCUT2D eigenvalue weighted by Crippen LogP contribution is 2.74. The third-order valence-electron chi connectivity index (χ3n) is 6.56. The molecule has 4 rings (SSSR count). The van der Waals surface area contributed by atoms with E-state index in [4.69, 9.17) is 4.98 Å². The van der Waals surface area contributed by atoms with E-state index in [0.29, 0.717) is 0 Å². The van der Waals surface area contributed by atoms with Crippen molar-refractivity contribution in [1.29, 1.82) is 0 Å². The fourth-order valence-corrected chi connectivity index (χ4v) is 10.2. The molecule has 2 heteroatoms. The molecule has 1 aromatic rings. The van der Waals surface area contributed by atoms with Crippen molar-refractivity contribution in [3.63, 3.8) is 0 Å². The zero-order chi connectivity index (χ0) is 16.0. The van der Waals surface area contributed by atoms with E-state index in [0.717, 1.165) is 40.6 Å². The van der Waals surface area contributed by atoms with Gasteiger partial charge in [0.05, 0.1) is 0 Å². The van der Waals surface area contributed by atoms with Gasteiger partial charge >= 0.3 is 0 Å². The van der Waals surface area contributed by atoms with Crippen LogP contribution in [0.25, 0.3) is 0 Å². The standard InChI is InChI=1S/C21H30NP/c1-14(2)18-10-7-15(3)12-20(18)23-17-9-8-16(13-17)21(23)19-6-4-5-11-22-19/h4-6,8-9,11,14-18,20-21H,7,10,12-13H2,1-3H3/t15-,16?,17?,18+,20-,21?,23?/m1/s1. The van der Waals surface area contributed by atoms with Crippen molar-refractivity contribution in [2.75, 3.05) is 0 Å². The average molecular weight is 327 g/mol. The molecule has 4 unspecified atom stereocenters. The lowest BCUT2D eigenvalue weighted by atomic mass is 9.77. The van der Waals surface area contributed by atoms with E-state index < -0.39 is 0 Å². The molecule has 2 aliphatic carbocycles. The Labute approximate surface area is 142 Å². The van der Waals surface area contributed by atoms with Crippen LogP contribution in [0.4, 0.5) is 0 Å². The van der Waals surface area contributed by atoms with Crippen LogP contribution in [0, 0.1) is 23.7 Å². The molecule has 7 atom stereocenters. The molecule has 1 saturated heterocycles. The number of aromatic nitrogens is 1. The Hall–Kier alpha value is -0.680. The first kappa shape index (κ1) is 15.8. The Morgan fingerprint density at radius 2 is 2.00 bits per heavy atom. The SMILES string of the molecule is CC(C)[C@@H]1CC[C@@H](C)C[C@H]1P1C2C=CC(C2)C1c1ccccn1. The minimum atomic E-state index is 0.0356. The van der Waals surface area contributed by atoms with Crippen LogP contribution >= 0.6 is 7.92 Å². The van der Waals surface area contributed by atoms with Crippen molar-refractivity contribution >= 4 is 7.92 Å². The first-order valence-electron chi connectivity index (χ1n) is 9.52. The van der Waals surface area contributed by atoms with E-state index in [1.165, 1.54) is 31.4 Å². The monoisotopic (exact) mass is 327 g/mol. The fraction of sp³-hybridized carbons (Fsp3) is 0.667. The van der Waals surface area contributed by atoms with Gasteiger partial charge in [0.2, 0.25) is 0 Å². The number of nitrogens with zero attached hydrogens (tertiary/aromatic N) is 1. The number of allylic oxidation sites excluding steroid dienone is 2. The van der Waals surface area contributed by atoms with Crippen molar-refractivity contribution in [3.8, 4) is 0 Å². The lowest BCUT2D eigenvalue weighted by Crippen LogP contribution is -2.33. The van der Waals surface area contributed by atoms with Gasteiger partial charge in [-0.3, -0.25) is 4.98 Å². The average Bonchev–Trinajstić information content (AvgIpc) is 3.16. The topological polar surface area (TPSA) is 12.9 Å². The summed E-state index contributed by atoms with van der Waals surface area (Å²) in [6.45, 7) is 7.41. The van der Waals surface area contributed by atoms with Crippen molar-refractivity contribution in [2.45, 2.75) is 63.4 Å². The highest BCUT2D eigenvalue weighted by atomic mass is 31.1. The zero-order valence-electron chi connectivity index (χ0n) is 14.7. The summed E-state index contributed by atoms with van der Waals surface area (Å²) in [5.41, 5.74) is 3.95. The minimum absolute atomic E-state index is 0.0356. The van der Waals surface area contributed by atoms with E-state index in [2.05, 4.69) is 51.1 Å². The van der Waals surface area contributed by atoms with Gasteiger partial charge in [-0.05, 0) is 66.4 Å². The first-order valence-corrected chi connectivity index (χ1v) is 11.1. The Morgan fingerprint density at radius 1 is 1.13 bits per heavy atom. The summed E-state index contributed by atoms with van der Waals surface area (Å²) in [5, 5.41) is 0. The van der Waals surface area contributed by atoms with Gasteiger partial charge in [-0.15, -0.1) is 0 Å². The minimum Gasteiger partial charge on any atom is -0.261 e. The van der Waals surface area contributed by atoms with Gasteiger partial charge in [0.25, 0.3) is 0 Å². The van der Waals surface area contributed by atoms with Crippen molar-refractivity contribution < 1.29 is 0 Å². The van der Waals surface area contributed by atoms with Crippen LogP contribution in [0.5, 0.6) is 0 Å². The van der Waals surface area contributed by atoms with Crippen LogP contribution in [-0.2, 0) is 0 Å². The van der Waals surface area contributed by atoms with E-state index in [1.54, 1.807) is 0 Å². The van der Waals surface area contributed by atoms with Crippen molar-refractivity contribution in [2.24, 2.45) is 23.7 Å². The molecule has 1 aliphatic heterocycles. The summed E-state index contributed by atoms with van der Waals surface area (Å²) in [4.78, 5) is 4.80. The number of rotatable bonds is 3. The molecule has 0 spiro atoms. The molecule has 2 heterocycles. The number of fused-ring (bicyclic) bond motifs is 2. The molecular formula is C21H30NP. The van der Waals surface area contributed by atoms with E-state index in [1.807, 2.05) is 6.20 Å². The summed E-state index contributed by atoms with van der Waals surface area (Å²) in [5.74, 6) is 3.47. The lowest BCUT2D eigenvalue weighted by Gasteiger charge is -2.45. The fourth-order valence-electron chi connectivity index (χ4n) is 5.46. The van der Waals surface area contributed by atoms with Gasteiger partial charge in [-0.25, -0.2) is 0 Å².